The second kappa shape index (κ2) is 9.68. The molecule has 1 atom stereocenters. The van der Waals surface area contributed by atoms with Crippen molar-refractivity contribution in [3.05, 3.63) is 93.1 Å². The molecule has 6 rings (SSSR count). The molecule has 0 aliphatic carbocycles. The summed E-state index contributed by atoms with van der Waals surface area (Å²) in [7, 11) is 1.48. The average molecular weight is 563 g/mol. The molecule has 2 N–H and O–H groups in total. The van der Waals surface area contributed by atoms with Crippen LogP contribution >= 0.6 is 23.2 Å². The number of amides is 1. The summed E-state index contributed by atoms with van der Waals surface area (Å²) in [6.45, 7) is 0. The van der Waals surface area contributed by atoms with Crippen LogP contribution in [-0.2, 0) is 6.42 Å². The van der Waals surface area contributed by atoms with E-state index in [9.17, 15) is 9.59 Å². The van der Waals surface area contributed by atoms with E-state index in [0.29, 0.717) is 52.1 Å². The van der Waals surface area contributed by atoms with Crippen molar-refractivity contribution in [2.24, 2.45) is 0 Å². The van der Waals surface area contributed by atoms with E-state index in [0.717, 1.165) is 16.2 Å². The van der Waals surface area contributed by atoms with Gasteiger partial charge in [-0.05, 0) is 42.3 Å². The summed E-state index contributed by atoms with van der Waals surface area (Å²) in [6, 6.07) is 13.5. The molecule has 13 heteroatoms. The number of benzene rings is 2. The Morgan fingerprint density at radius 3 is 2.67 bits per heavy atom. The van der Waals surface area contributed by atoms with Crippen molar-refractivity contribution in [3.8, 4) is 28.2 Å². The number of aromatic amines is 1. The Kier molecular flexibility index (Phi) is 6.16. The molecule has 1 aliphatic heterocycles. The Morgan fingerprint density at radius 2 is 1.95 bits per heavy atom. The lowest BCUT2D eigenvalue weighted by atomic mass is 10.1. The van der Waals surface area contributed by atoms with Crippen molar-refractivity contribution in [2.75, 3.05) is 11.9 Å². The molecule has 4 heterocycles. The Hall–Kier alpha value is -4.48. The van der Waals surface area contributed by atoms with Crippen LogP contribution in [0.5, 0.6) is 0 Å². The van der Waals surface area contributed by atoms with Crippen LogP contribution < -0.4 is 10.5 Å². The Balaban J connectivity index is 1.32. The van der Waals surface area contributed by atoms with Crippen LogP contribution in [0.3, 0.4) is 0 Å². The Morgan fingerprint density at radius 1 is 1.15 bits per heavy atom. The fourth-order valence-corrected chi connectivity index (χ4v) is 5.04. The summed E-state index contributed by atoms with van der Waals surface area (Å²) in [5.74, 6) is 1.29. The predicted molar refractivity (Wildman–Crippen MR) is 146 cm³/mol. The van der Waals surface area contributed by atoms with Gasteiger partial charge in [0.15, 0.2) is 5.15 Å². The summed E-state index contributed by atoms with van der Waals surface area (Å²) in [4.78, 5) is 38.4. The average Bonchev–Trinajstić information content (AvgIpc) is 3.68. The first-order valence-corrected chi connectivity index (χ1v) is 12.7. The van der Waals surface area contributed by atoms with Gasteiger partial charge in [-0.25, -0.2) is 19.4 Å². The van der Waals surface area contributed by atoms with Gasteiger partial charge in [0.1, 0.15) is 11.6 Å². The maximum absolute atomic E-state index is 13.4. The van der Waals surface area contributed by atoms with Crippen LogP contribution in [0.1, 0.15) is 24.1 Å². The van der Waals surface area contributed by atoms with Crippen molar-refractivity contribution in [1.29, 1.82) is 0 Å². The summed E-state index contributed by atoms with van der Waals surface area (Å²) >= 11 is 12.3. The fraction of sp³-hybridized carbons (Fsp3) is 0.154. The zero-order chi connectivity index (χ0) is 27.3. The van der Waals surface area contributed by atoms with E-state index in [2.05, 4.69) is 20.3 Å². The van der Waals surface area contributed by atoms with Crippen LogP contribution in [0.4, 0.5) is 10.5 Å². The molecule has 1 amide bonds. The van der Waals surface area contributed by atoms with Crippen LogP contribution in [0.15, 0.2) is 65.7 Å². The molecule has 0 saturated carbocycles. The number of H-pyrrole nitrogens is 1. The number of rotatable bonds is 5. The van der Waals surface area contributed by atoms with Crippen LogP contribution in [0, 0.1) is 0 Å². The third kappa shape index (κ3) is 4.55. The number of nitrogens with one attached hydrogen (secondary N) is 1. The highest BCUT2D eigenvalue weighted by molar-refractivity contribution is 6.31. The summed E-state index contributed by atoms with van der Waals surface area (Å²) in [5, 5.41) is 17.8. The minimum Gasteiger partial charge on any atom is -0.465 e. The van der Waals surface area contributed by atoms with Gasteiger partial charge in [-0.2, -0.15) is 0 Å². The smallest absolute Gasteiger partial charge is 0.411 e. The molecule has 39 heavy (non-hydrogen) atoms. The van der Waals surface area contributed by atoms with Crippen LogP contribution in [-0.4, -0.2) is 52.8 Å². The van der Waals surface area contributed by atoms with E-state index in [4.69, 9.17) is 33.3 Å². The zero-order valence-electron chi connectivity index (χ0n) is 20.4. The van der Waals surface area contributed by atoms with Crippen molar-refractivity contribution >= 4 is 35.0 Å². The molecule has 11 nitrogen and oxygen atoms in total. The SMILES string of the molecule is CN(C(=O)O)c1ccc(-c2cnc([C@@H]3CCc4nc(-c5cc(Cl)ccc5-n5cc(Cl)nn5)cc(=O)n43)[nH]2)cc1. The van der Waals surface area contributed by atoms with Gasteiger partial charge >= 0.3 is 6.09 Å². The van der Waals surface area contributed by atoms with E-state index in [1.807, 2.05) is 12.1 Å². The van der Waals surface area contributed by atoms with E-state index in [-0.39, 0.29) is 16.8 Å². The minimum atomic E-state index is -1.04. The second-order valence-corrected chi connectivity index (χ2v) is 9.86. The highest BCUT2D eigenvalue weighted by Gasteiger charge is 2.29. The van der Waals surface area contributed by atoms with Gasteiger partial charge in [-0.15, -0.1) is 5.10 Å². The van der Waals surface area contributed by atoms with Gasteiger partial charge in [0, 0.05) is 35.8 Å². The van der Waals surface area contributed by atoms with E-state index < -0.39 is 6.09 Å². The number of carboxylic acid groups (broad SMARTS) is 1. The number of imidazole rings is 1. The standard InChI is InChI=1S/C26H20Cl2N8O3/c1-34(26(38)39)16-5-2-14(3-6-16)19-12-29-25(31-19)21-8-9-23-30-18(11-24(37)36(21)23)17-10-15(27)4-7-20(17)35-13-22(28)32-33-35/h2-7,10-13,21H,8-9H2,1H3,(H,29,31)(H,38,39)/t21-/m0/s1. The van der Waals surface area contributed by atoms with E-state index in [1.165, 1.54) is 17.8 Å². The highest BCUT2D eigenvalue weighted by atomic mass is 35.5. The molecule has 0 fully saturated rings. The fourth-order valence-electron chi connectivity index (χ4n) is 4.74. The van der Waals surface area contributed by atoms with Crippen molar-refractivity contribution in [3.63, 3.8) is 0 Å². The van der Waals surface area contributed by atoms with E-state index in [1.54, 1.807) is 47.3 Å². The summed E-state index contributed by atoms with van der Waals surface area (Å²) in [6.07, 6.45) is 3.48. The van der Waals surface area contributed by atoms with Crippen molar-refractivity contribution < 1.29 is 9.90 Å². The molecule has 1 aliphatic rings. The number of hydrogen-bond acceptors (Lipinski definition) is 6. The molecule has 0 spiro atoms. The molecule has 0 bridgehead atoms. The number of nitrogens with zero attached hydrogens (tertiary/aromatic N) is 7. The maximum atomic E-state index is 13.4. The van der Waals surface area contributed by atoms with Gasteiger partial charge in [0.05, 0.1) is 35.5 Å². The number of carbonyl (C=O) groups is 1. The molecular weight excluding hydrogens is 543 g/mol. The normalized spacial score (nSPS) is 14.4. The number of anilines is 1. The first-order valence-electron chi connectivity index (χ1n) is 11.9. The largest absolute Gasteiger partial charge is 0.465 e. The lowest BCUT2D eigenvalue weighted by Crippen LogP contribution is -2.25. The van der Waals surface area contributed by atoms with Gasteiger partial charge in [-0.1, -0.05) is 40.5 Å². The van der Waals surface area contributed by atoms with Gasteiger partial charge < -0.3 is 10.1 Å². The highest BCUT2D eigenvalue weighted by Crippen LogP contribution is 2.33. The molecule has 0 saturated heterocycles. The van der Waals surface area contributed by atoms with E-state index >= 15 is 0 Å². The first kappa shape index (κ1) is 24.8. The molecular formula is C26H20Cl2N8O3. The molecule has 0 radical (unpaired) electrons. The Labute approximate surface area is 231 Å². The number of halogens is 2. The van der Waals surface area contributed by atoms with Crippen LogP contribution in [0.2, 0.25) is 10.2 Å². The lowest BCUT2D eigenvalue weighted by molar-refractivity contribution is 0.203. The molecule has 5 aromatic rings. The quantitative estimate of drug-likeness (QED) is 0.313. The molecule has 2 aromatic carbocycles. The molecule has 196 valence electrons. The number of fused-ring (bicyclic) bond motifs is 1. The van der Waals surface area contributed by atoms with Gasteiger partial charge in [0.25, 0.3) is 5.56 Å². The van der Waals surface area contributed by atoms with Crippen LogP contribution in [0.25, 0.3) is 28.2 Å². The van der Waals surface area contributed by atoms with Crippen molar-refractivity contribution in [2.45, 2.75) is 18.9 Å². The van der Waals surface area contributed by atoms with Gasteiger partial charge in [-0.3, -0.25) is 14.3 Å². The topological polar surface area (TPSA) is 135 Å². The number of aryl methyl sites for hydroxylation is 1. The van der Waals surface area contributed by atoms with Crippen molar-refractivity contribution in [1.82, 2.24) is 34.5 Å². The monoisotopic (exact) mass is 562 g/mol. The molecule has 3 aromatic heterocycles. The summed E-state index contributed by atoms with van der Waals surface area (Å²) < 4.78 is 3.17. The first-order chi connectivity index (χ1) is 18.8. The third-order valence-corrected chi connectivity index (χ3v) is 7.10. The summed E-state index contributed by atoms with van der Waals surface area (Å²) in [5.41, 5.74) is 3.69. The predicted octanol–water partition coefficient (Wildman–Crippen LogP) is 4.84. The number of aromatic nitrogens is 7. The third-order valence-electron chi connectivity index (χ3n) is 6.69. The Bertz CT molecular complexity index is 1780. The number of hydrogen-bond donors (Lipinski definition) is 2. The minimum absolute atomic E-state index is 0.209. The lowest BCUT2D eigenvalue weighted by Gasteiger charge is -2.14. The second-order valence-electron chi connectivity index (χ2n) is 9.04. The molecule has 0 unspecified atom stereocenters. The zero-order valence-corrected chi connectivity index (χ0v) is 21.9. The van der Waals surface area contributed by atoms with Gasteiger partial charge in [0.2, 0.25) is 0 Å². The maximum Gasteiger partial charge on any atom is 0.411 e.